The van der Waals surface area contributed by atoms with Crippen LogP contribution in [0.1, 0.15) is 5.56 Å². The van der Waals surface area contributed by atoms with Crippen molar-refractivity contribution >= 4 is 11.4 Å². The second kappa shape index (κ2) is 3.99. The van der Waals surface area contributed by atoms with Crippen molar-refractivity contribution in [3.63, 3.8) is 0 Å². The maximum Gasteiger partial charge on any atom is 0.181 e. The third-order valence-electron chi connectivity index (χ3n) is 1.63. The first-order valence-corrected chi connectivity index (χ1v) is 3.69. The summed E-state index contributed by atoms with van der Waals surface area (Å²) in [6, 6.07) is 5.32. The molecule has 13 heavy (non-hydrogen) atoms. The normalized spacial score (nSPS) is 8.23. The maximum absolute atomic E-state index is 8.42. The predicted molar refractivity (Wildman–Crippen MR) is 49.7 cm³/mol. The number of benzene rings is 1. The SMILES string of the molecule is Cc1ccc(NC#N)cc1NC#N. The van der Waals surface area contributed by atoms with Crippen LogP contribution in [0.3, 0.4) is 0 Å². The quantitative estimate of drug-likeness (QED) is 0.527. The fourth-order valence-corrected chi connectivity index (χ4v) is 0.959. The molecule has 0 aliphatic rings. The molecule has 0 aromatic heterocycles. The van der Waals surface area contributed by atoms with Gasteiger partial charge in [0.1, 0.15) is 0 Å². The molecule has 1 rings (SSSR count). The van der Waals surface area contributed by atoms with E-state index in [0.29, 0.717) is 11.4 Å². The smallest absolute Gasteiger partial charge is 0.181 e. The van der Waals surface area contributed by atoms with Gasteiger partial charge in [0.15, 0.2) is 12.4 Å². The maximum atomic E-state index is 8.42. The van der Waals surface area contributed by atoms with Gasteiger partial charge in [0, 0.05) is 5.69 Å². The molecule has 0 fully saturated rings. The van der Waals surface area contributed by atoms with Gasteiger partial charge in [-0.3, -0.25) is 10.6 Å². The summed E-state index contributed by atoms with van der Waals surface area (Å²) < 4.78 is 0. The average molecular weight is 172 g/mol. The zero-order valence-electron chi connectivity index (χ0n) is 7.13. The summed E-state index contributed by atoms with van der Waals surface area (Å²) in [5.41, 5.74) is 2.35. The van der Waals surface area contributed by atoms with Gasteiger partial charge in [0.25, 0.3) is 0 Å². The van der Waals surface area contributed by atoms with Crippen LogP contribution in [0.25, 0.3) is 0 Å². The van der Waals surface area contributed by atoms with Crippen LogP contribution in [-0.4, -0.2) is 0 Å². The standard InChI is InChI=1S/C9H8N4/c1-7-2-3-8(12-5-10)4-9(7)13-6-11/h2-4,12-13H,1H3. The van der Waals surface area contributed by atoms with Gasteiger partial charge in [0.2, 0.25) is 0 Å². The van der Waals surface area contributed by atoms with E-state index >= 15 is 0 Å². The molecule has 0 heterocycles. The number of nitrogens with one attached hydrogen (secondary N) is 2. The van der Waals surface area contributed by atoms with Crippen LogP contribution in [-0.2, 0) is 0 Å². The van der Waals surface area contributed by atoms with Crippen molar-refractivity contribution in [2.24, 2.45) is 0 Å². The highest BCUT2D eigenvalue weighted by atomic mass is 14.9. The molecule has 0 radical (unpaired) electrons. The summed E-state index contributed by atoms with van der Waals surface area (Å²) in [6.07, 6.45) is 3.65. The minimum Gasteiger partial charge on any atom is -0.293 e. The minimum absolute atomic E-state index is 0.672. The summed E-state index contributed by atoms with van der Waals surface area (Å²) in [7, 11) is 0. The fraction of sp³-hybridized carbons (Fsp3) is 0.111. The predicted octanol–water partition coefficient (Wildman–Crippen LogP) is 1.78. The molecular formula is C9H8N4. The van der Waals surface area contributed by atoms with Crippen molar-refractivity contribution in [3.05, 3.63) is 23.8 Å². The summed E-state index contributed by atoms with van der Waals surface area (Å²) >= 11 is 0. The van der Waals surface area contributed by atoms with Gasteiger partial charge in [-0.25, -0.2) is 0 Å². The molecule has 0 bridgehead atoms. The van der Waals surface area contributed by atoms with Crippen LogP contribution < -0.4 is 10.6 Å². The molecule has 0 unspecified atom stereocenters. The van der Waals surface area contributed by atoms with E-state index in [1.165, 1.54) is 0 Å². The van der Waals surface area contributed by atoms with Crippen LogP contribution in [0.5, 0.6) is 0 Å². The van der Waals surface area contributed by atoms with Gasteiger partial charge in [-0.15, -0.1) is 0 Å². The molecule has 1 aromatic carbocycles. The number of hydrogen-bond donors (Lipinski definition) is 2. The Morgan fingerprint density at radius 1 is 1.15 bits per heavy atom. The van der Waals surface area contributed by atoms with Crippen molar-refractivity contribution in [3.8, 4) is 12.4 Å². The number of anilines is 2. The molecular weight excluding hydrogens is 164 g/mol. The molecule has 2 N–H and O–H groups in total. The highest BCUT2D eigenvalue weighted by Crippen LogP contribution is 2.19. The van der Waals surface area contributed by atoms with Crippen LogP contribution in [0.4, 0.5) is 11.4 Å². The Morgan fingerprint density at radius 2 is 1.85 bits per heavy atom. The molecule has 0 spiro atoms. The lowest BCUT2D eigenvalue weighted by molar-refractivity contribution is 1.40. The lowest BCUT2D eigenvalue weighted by Crippen LogP contribution is -1.93. The fourth-order valence-electron chi connectivity index (χ4n) is 0.959. The molecule has 4 nitrogen and oxygen atoms in total. The van der Waals surface area contributed by atoms with Crippen LogP contribution in [0.15, 0.2) is 18.2 Å². The highest BCUT2D eigenvalue weighted by molar-refractivity contribution is 5.63. The van der Waals surface area contributed by atoms with Crippen molar-refractivity contribution in [2.75, 3.05) is 10.6 Å². The summed E-state index contributed by atoms with van der Waals surface area (Å²) in [4.78, 5) is 0. The van der Waals surface area contributed by atoms with E-state index in [4.69, 9.17) is 10.5 Å². The molecule has 0 saturated carbocycles. The lowest BCUT2D eigenvalue weighted by Gasteiger charge is -2.04. The minimum atomic E-state index is 0.672. The summed E-state index contributed by atoms with van der Waals surface area (Å²) in [5.74, 6) is 0. The molecule has 0 aliphatic carbocycles. The molecule has 64 valence electrons. The molecule has 4 heteroatoms. The Morgan fingerprint density at radius 3 is 2.46 bits per heavy atom. The second-order valence-electron chi connectivity index (χ2n) is 2.50. The lowest BCUT2D eigenvalue weighted by atomic mass is 10.2. The Balaban J connectivity index is 2.99. The highest BCUT2D eigenvalue weighted by Gasteiger charge is 1.98. The van der Waals surface area contributed by atoms with Crippen LogP contribution in [0, 0.1) is 29.8 Å². The van der Waals surface area contributed by atoms with E-state index in [1.807, 2.05) is 25.4 Å². The monoisotopic (exact) mass is 172 g/mol. The number of nitriles is 2. The number of aryl methyl sites for hydroxylation is 1. The topological polar surface area (TPSA) is 71.6 Å². The largest absolute Gasteiger partial charge is 0.293 e. The third kappa shape index (κ3) is 2.11. The molecule has 0 aliphatic heterocycles. The summed E-state index contributed by atoms with van der Waals surface area (Å²) in [5, 5.41) is 21.8. The molecule has 0 amide bonds. The molecule has 0 saturated heterocycles. The second-order valence-corrected chi connectivity index (χ2v) is 2.50. The number of nitrogens with zero attached hydrogens (tertiary/aromatic N) is 2. The Hall–Kier alpha value is -2.20. The van der Waals surface area contributed by atoms with E-state index in [9.17, 15) is 0 Å². The zero-order valence-corrected chi connectivity index (χ0v) is 7.13. The van der Waals surface area contributed by atoms with Gasteiger partial charge in [-0.05, 0) is 24.6 Å². The van der Waals surface area contributed by atoms with Crippen molar-refractivity contribution in [2.45, 2.75) is 6.92 Å². The molecule has 1 aromatic rings. The van der Waals surface area contributed by atoms with Crippen molar-refractivity contribution in [1.82, 2.24) is 0 Å². The molecule has 0 atom stereocenters. The van der Waals surface area contributed by atoms with E-state index in [2.05, 4.69) is 10.6 Å². The Bertz CT molecular complexity index is 384. The van der Waals surface area contributed by atoms with E-state index in [-0.39, 0.29) is 0 Å². The first-order chi connectivity index (χ1) is 6.27. The summed E-state index contributed by atoms with van der Waals surface area (Å²) in [6.45, 7) is 1.88. The van der Waals surface area contributed by atoms with Crippen molar-refractivity contribution in [1.29, 1.82) is 10.5 Å². The van der Waals surface area contributed by atoms with Gasteiger partial charge in [-0.2, -0.15) is 10.5 Å². The van der Waals surface area contributed by atoms with Crippen LogP contribution in [0.2, 0.25) is 0 Å². The average Bonchev–Trinajstić information content (AvgIpc) is 2.12. The first kappa shape index (κ1) is 8.89. The third-order valence-corrected chi connectivity index (χ3v) is 1.63. The van der Waals surface area contributed by atoms with Gasteiger partial charge < -0.3 is 0 Å². The first-order valence-electron chi connectivity index (χ1n) is 3.69. The van der Waals surface area contributed by atoms with Gasteiger partial charge in [-0.1, -0.05) is 6.07 Å². The van der Waals surface area contributed by atoms with E-state index < -0.39 is 0 Å². The van der Waals surface area contributed by atoms with Crippen molar-refractivity contribution < 1.29 is 0 Å². The Kier molecular flexibility index (Phi) is 2.73. The van der Waals surface area contributed by atoms with Gasteiger partial charge in [0.05, 0.1) is 5.69 Å². The van der Waals surface area contributed by atoms with Gasteiger partial charge >= 0.3 is 0 Å². The van der Waals surface area contributed by atoms with E-state index in [0.717, 1.165) is 5.56 Å². The number of rotatable bonds is 2. The zero-order chi connectivity index (χ0) is 9.68. The van der Waals surface area contributed by atoms with Crippen LogP contribution >= 0.6 is 0 Å². The number of hydrogen-bond acceptors (Lipinski definition) is 4. The van der Waals surface area contributed by atoms with E-state index in [1.54, 1.807) is 12.1 Å². The Labute approximate surface area is 76.4 Å².